The van der Waals surface area contributed by atoms with Gasteiger partial charge < -0.3 is 5.32 Å². The average Bonchev–Trinajstić information content (AvgIpc) is 3.05. The third kappa shape index (κ3) is 5.46. The molecule has 0 aliphatic carbocycles. The van der Waals surface area contributed by atoms with Crippen molar-refractivity contribution in [3.8, 4) is 0 Å². The summed E-state index contributed by atoms with van der Waals surface area (Å²) in [6, 6.07) is 10.7. The van der Waals surface area contributed by atoms with Gasteiger partial charge >= 0.3 is 0 Å². The topological polar surface area (TPSA) is 32.3 Å². The molecule has 0 bridgehead atoms. The Morgan fingerprint density at radius 1 is 1.12 bits per heavy atom. The summed E-state index contributed by atoms with van der Waals surface area (Å²) in [6.45, 7) is 10.6. The zero-order valence-electron chi connectivity index (χ0n) is 15.1. The van der Waals surface area contributed by atoms with E-state index in [0.717, 1.165) is 25.1 Å². The van der Waals surface area contributed by atoms with Gasteiger partial charge in [0, 0.05) is 24.2 Å². The van der Waals surface area contributed by atoms with E-state index in [9.17, 15) is 4.79 Å². The number of amides is 1. The van der Waals surface area contributed by atoms with Gasteiger partial charge in [-0.25, -0.2) is 0 Å². The largest absolute Gasteiger partial charge is 0.349 e. The highest BCUT2D eigenvalue weighted by Gasteiger charge is 2.12. The maximum absolute atomic E-state index is 12.4. The van der Waals surface area contributed by atoms with E-state index < -0.39 is 0 Å². The van der Waals surface area contributed by atoms with Crippen LogP contribution in [0.5, 0.6) is 0 Å². The molecule has 2 aromatic rings. The van der Waals surface area contributed by atoms with Crippen LogP contribution in [-0.4, -0.2) is 29.4 Å². The molecule has 0 radical (unpaired) electrons. The number of hydrogen-bond acceptors (Lipinski definition) is 3. The second-order valence-electron chi connectivity index (χ2n) is 6.56. The monoisotopic (exact) mass is 344 g/mol. The van der Waals surface area contributed by atoms with Crippen molar-refractivity contribution in [2.45, 2.75) is 52.7 Å². The molecule has 0 aliphatic heterocycles. The molecule has 0 saturated carbocycles. The Kier molecular flexibility index (Phi) is 7.00. The Morgan fingerprint density at radius 2 is 1.83 bits per heavy atom. The van der Waals surface area contributed by atoms with E-state index in [-0.39, 0.29) is 11.9 Å². The number of rotatable bonds is 8. The van der Waals surface area contributed by atoms with Gasteiger partial charge in [-0.3, -0.25) is 9.69 Å². The van der Waals surface area contributed by atoms with Crippen LogP contribution in [0, 0.1) is 0 Å². The molecule has 24 heavy (non-hydrogen) atoms. The van der Waals surface area contributed by atoms with E-state index in [4.69, 9.17) is 0 Å². The molecule has 0 aliphatic rings. The Morgan fingerprint density at radius 3 is 2.38 bits per heavy atom. The molecule has 0 spiro atoms. The Hall–Kier alpha value is -1.65. The number of benzene rings is 1. The summed E-state index contributed by atoms with van der Waals surface area (Å²) in [4.78, 5) is 14.8. The van der Waals surface area contributed by atoms with Gasteiger partial charge in [-0.15, -0.1) is 0 Å². The van der Waals surface area contributed by atoms with Crippen LogP contribution in [0.15, 0.2) is 41.1 Å². The summed E-state index contributed by atoms with van der Waals surface area (Å²) in [7, 11) is 0. The summed E-state index contributed by atoms with van der Waals surface area (Å²) < 4.78 is 0. The van der Waals surface area contributed by atoms with E-state index in [0.29, 0.717) is 6.04 Å². The molecule has 1 unspecified atom stereocenters. The predicted octanol–water partition coefficient (Wildman–Crippen LogP) is 4.34. The molecule has 1 atom stereocenters. The molecule has 0 fully saturated rings. The van der Waals surface area contributed by atoms with E-state index in [1.165, 1.54) is 11.1 Å². The van der Waals surface area contributed by atoms with Crippen LogP contribution in [0.3, 0.4) is 0 Å². The van der Waals surface area contributed by atoms with Crippen molar-refractivity contribution in [1.82, 2.24) is 10.2 Å². The maximum atomic E-state index is 12.4. The minimum absolute atomic E-state index is 0.000451. The number of nitrogens with zero attached hydrogens (tertiary/aromatic N) is 1. The smallest absolute Gasteiger partial charge is 0.251 e. The van der Waals surface area contributed by atoms with E-state index in [1.807, 2.05) is 19.1 Å². The number of carbonyl (C=O) groups is 1. The maximum Gasteiger partial charge on any atom is 0.251 e. The van der Waals surface area contributed by atoms with E-state index >= 15 is 0 Å². The number of carbonyl (C=O) groups excluding carboxylic acids is 1. The normalized spacial score (nSPS) is 12.6. The Bertz CT molecular complexity index is 620. The van der Waals surface area contributed by atoms with Crippen LogP contribution in [0.2, 0.25) is 0 Å². The van der Waals surface area contributed by atoms with Crippen molar-refractivity contribution in [1.29, 1.82) is 0 Å². The summed E-state index contributed by atoms with van der Waals surface area (Å²) in [6.07, 6.45) is 0.868. The predicted molar refractivity (Wildman–Crippen MR) is 103 cm³/mol. The molecule has 1 aromatic carbocycles. The van der Waals surface area contributed by atoms with Crippen molar-refractivity contribution in [3.63, 3.8) is 0 Å². The van der Waals surface area contributed by atoms with Crippen LogP contribution < -0.4 is 5.32 Å². The van der Waals surface area contributed by atoms with Crippen LogP contribution in [0.1, 0.15) is 49.2 Å². The second-order valence-corrected chi connectivity index (χ2v) is 7.34. The number of nitrogens with one attached hydrogen (secondary N) is 1. The fourth-order valence-electron chi connectivity index (χ4n) is 2.78. The summed E-state index contributed by atoms with van der Waals surface area (Å²) in [5.41, 5.74) is 3.24. The van der Waals surface area contributed by atoms with Crippen LogP contribution >= 0.6 is 11.3 Å². The van der Waals surface area contributed by atoms with Crippen LogP contribution in [-0.2, 0) is 13.0 Å². The summed E-state index contributed by atoms with van der Waals surface area (Å²) >= 11 is 1.69. The zero-order chi connectivity index (χ0) is 17.5. The van der Waals surface area contributed by atoms with Crippen LogP contribution in [0.4, 0.5) is 0 Å². The lowest BCUT2D eigenvalue weighted by Crippen LogP contribution is -2.34. The van der Waals surface area contributed by atoms with E-state index in [1.54, 1.807) is 11.3 Å². The summed E-state index contributed by atoms with van der Waals surface area (Å²) in [5.74, 6) is 0.000451. The minimum atomic E-state index is 0.000451. The molecular formula is C20H28N2OS. The molecule has 2 rings (SSSR count). The van der Waals surface area contributed by atoms with Gasteiger partial charge in [0.2, 0.25) is 0 Å². The quantitative estimate of drug-likeness (QED) is 0.772. The number of thiophene rings is 1. The number of hydrogen-bond donors (Lipinski definition) is 1. The molecule has 4 heteroatoms. The van der Waals surface area contributed by atoms with Gasteiger partial charge in [0.05, 0.1) is 0 Å². The lowest BCUT2D eigenvalue weighted by molar-refractivity contribution is 0.0940. The van der Waals surface area contributed by atoms with Gasteiger partial charge in [-0.2, -0.15) is 11.3 Å². The van der Waals surface area contributed by atoms with Crippen molar-refractivity contribution in [2.24, 2.45) is 0 Å². The zero-order valence-corrected chi connectivity index (χ0v) is 15.9. The highest BCUT2D eigenvalue weighted by atomic mass is 32.1. The fourth-order valence-corrected chi connectivity index (χ4v) is 3.46. The van der Waals surface area contributed by atoms with Gasteiger partial charge in [-0.05, 0) is 73.8 Å². The average molecular weight is 345 g/mol. The third-order valence-electron chi connectivity index (χ3n) is 4.24. The first-order chi connectivity index (χ1) is 11.5. The third-order valence-corrected chi connectivity index (χ3v) is 4.97. The van der Waals surface area contributed by atoms with Gasteiger partial charge in [-0.1, -0.05) is 19.1 Å². The van der Waals surface area contributed by atoms with Crippen molar-refractivity contribution >= 4 is 17.2 Å². The first-order valence-corrected chi connectivity index (χ1v) is 9.58. The van der Waals surface area contributed by atoms with Crippen molar-refractivity contribution < 1.29 is 4.79 Å². The molecule has 1 heterocycles. The Labute approximate surface area is 149 Å². The minimum Gasteiger partial charge on any atom is -0.349 e. The molecule has 130 valence electrons. The summed E-state index contributed by atoms with van der Waals surface area (Å²) in [5, 5.41) is 7.28. The lowest BCUT2D eigenvalue weighted by Gasteiger charge is -2.24. The molecule has 1 N–H and O–H groups in total. The first kappa shape index (κ1) is 18.7. The molecule has 0 saturated heterocycles. The molecular weight excluding hydrogens is 316 g/mol. The first-order valence-electron chi connectivity index (χ1n) is 8.64. The van der Waals surface area contributed by atoms with Crippen molar-refractivity contribution in [2.75, 3.05) is 6.54 Å². The van der Waals surface area contributed by atoms with Crippen LogP contribution in [0.25, 0.3) is 0 Å². The standard InChI is InChI=1S/C20H28N2OS/c1-5-22(15(2)3)13-17-6-8-19(9-7-17)20(23)21-16(4)12-18-10-11-24-14-18/h6-11,14-16H,5,12-13H2,1-4H3,(H,21,23). The van der Waals surface area contributed by atoms with Gasteiger partial charge in [0.25, 0.3) is 5.91 Å². The highest BCUT2D eigenvalue weighted by Crippen LogP contribution is 2.11. The van der Waals surface area contributed by atoms with Gasteiger partial charge in [0.15, 0.2) is 0 Å². The molecule has 1 aromatic heterocycles. The SMILES string of the molecule is CCN(Cc1ccc(C(=O)NC(C)Cc2ccsc2)cc1)C(C)C. The lowest BCUT2D eigenvalue weighted by atomic mass is 10.1. The van der Waals surface area contributed by atoms with Crippen molar-refractivity contribution in [3.05, 3.63) is 57.8 Å². The molecule has 1 amide bonds. The highest BCUT2D eigenvalue weighted by molar-refractivity contribution is 7.07. The van der Waals surface area contributed by atoms with E-state index in [2.05, 4.69) is 59.9 Å². The second kappa shape index (κ2) is 9.00. The Balaban J connectivity index is 1.90. The van der Waals surface area contributed by atoms with Gasteiger partial charge in [0.1, 0.15) is 0 Å². The molecule has 3 nitrogen and oxygen atoms in total. The fraction of sp³-hybridized carbons (Fsp3) is 0.450.